The molecule has 7 heterocycles. The molecule has 5 aliphatic rings. The van der Waals surface area contributed by atoms with Gasteiger partial charge in [-0.15, -0.1) is 0 Å². The number of piperidine rings is 3. The first-order valence-electron chi connectivity index (χ1n) is 21.1. The van der Waals surface area contributed by atoms with E-state index < -0.39 is 29.8 Å². The number of carbonyl (C=O) groups excluding carboxylic acids is 2. The third kappa shape index (κ3) is 7.25. The van der Waals surface area contributed by atoms with Gasteiger partial charge in [0.15, 0.2) is 18.2 Å². The van der Waals surface area contributed by atoms with Crippen molar-refractivity contribution in [3.8, 4) is 5.75 Å². The Morgan fingerprint density at radius 3 is 2.48 bits per heavy atom. The highest BCUT2D eigenvalue weighted by molar-refractivity contribution is 6.03. The Morgan fingerprint density at radius 2 is 1.72 bits per heavy atom. The van der Waals surface area contributed by atoms with E-state index in [4.69, 9.17) is 9.84 Å². The van der Waals surface area contributed by atoms with Gasteiger partial charge in [-0.3, -0.25) is 24.4 Å². The van der Waals surface area contributed by atoms with Crippen LogP contribution >= 0.6 is 0 Å². The van der Waals surface area contributed by atoms with Crippen LogP contribution in [-0.4, -0.2) is 86.3 Å². The number of aryl methyl sites for hydroxylation is 2. The first-order valence-corrected chi connectivity index (χ1v) is 21.1. The normalized spacial score (nSPS) is 21.3. The molecule has 0 radical (unpaired) electrons. The second-order valence-corrected chi connectivity index (χ2v) is 17.1. The lowest BCUT2D eigenvalue weighted by Gasteiger charge is -2.38. The summed E-state index contributed by atoms with van der Waals surface area (Å²) >= 11 is 0. The highest BCUT2D eigenvalue weighted by Gasteiger charge is 2.44. The van der Waals surface area contributed by atoms with Crippen molar-refractivity contribution in [1.82, 2.24) is 34.5 Å². The van der Waals surface area contributed by atoms with Gasteiger partial charge < -0.3 is 29.7 Å². The fourth-order valence-corrected chi connectivity index (χ4v) is 9.74. The van der Waals surface area contributed by atoms with Gasteiger partial charge in [0.25, 0.3) is 5.56 Å². The Bertz CT molecular complexity index is 2690. The molecule has 10 rings (SSSR count). The van der Waals surface area contributed by atoms with Gasteiger partial charge in [-0.25, -0.2) is 9.37 Å². The van der Waals surface area contributed by atoms with Crippen LogP contribution in [0.4, 0.5) is 36.3 Å². The second-order valence-electron chi connectivity index (χ2n) is 17.1. The van der Waals surface area contributed by atoms with Crippen LogP contribution in [-0.2, 0) is 23.7 Å². The smallest absolute Gasteiger partial charge is 0.320 e. The van der Waals surface area contributed by atoms with Gasteiger partial charge in [0, 0.05) is 56.6 Å². The Morgan fingerprint density at radius 1 is 0.934 bits per heavy atom. The molecular weight excluding hydrogens is 790 g/mol. The number of para-hydroxylation sites is 1. The molecular formula is C44H47F3N10O4. The molecule has 4 aliphatic heterocycles. The SMILES string of the molecule is Cn1nc(C2CCC(=O)NC2=O)c2cccc(C3CCN(CC4CCN(c5ncc(F)c(Nc6ccc7c(c6)c6c(c(=O)n7C)OCC(F)(F)C(=C7CC7)N6)n5)CC4)CC3)c21. The minimum absolute atomic E-state index is 0.0178. The molecule has 1 aliphatic carbocycles. The zero-order valence-electron chi connectivity index (χ0n) is 34.1. The second kappa shape index (κ2) is 15.2. The Labute approximate surface area is 349 Å². The molecule has 17 heteroatoms. The van der Waals surface area contributed by atoms with E-state index in [0.29, 0.717) is 65.6 Å². The van der Waals surface area contributed by atoms with Crippen molar-refractivity contribution in [3.05, 3.63) is 81.3 Å². The number of carbonyl (C=O) groups is 2. The zero-order valence-corrected chi connectivity index (χ0v) is 34.1. The van der Waals surface area contributed by atoms with Gasteiger partial charge in [0.05, 0.1) is 40.2 Å². The fraction of sp³-hybridized carbons (Fsp3) is 0.455. The molecule has 2 amide bonds. The molecule has 5 aromatic rings. The molecule has 61 heavy (non-hydrogen) atoms. The molecule has 3 aromatic heterocycles. The number of likely N-dealkylation sites (tertiary alicyclic amines) is 1. The highest BCUT2D eigenvalue weighted by Crippen LogP contribution is 2.45. The molecule has 3 saturated heterocycles. The first kappa shape index (κ1) is 39.2. The molecule has 0 bridgehead atoms. The third-order valence-corrected chi connectivity index (χ3v) is 13.1. The molecule has 14 nitrogen and oxygen atoms in total. The third-order valence-electron chi connectivity index (χ3n) is 13.1. The number of aromatic nitrogens is 5. The van der Waals surface area contributed by atoms with Gasteiger partial charge in [0.2, 0.25) is 23.5 Å². The van der Waals surface area contributed by atoms with Crippen LogP contribution in [0.1, 0.15) is 74.5 Å². The standard InChI is InChI=1S/C44H47F3N10O4/c1-54-33-10-8-27(20-31(33)36-38(42(54)60)61-23-44(46,47)39(51-36)26-6-7-26)49-40-32(45)21-48-43(52-40)57-18-12-24(13-19-57)22-56-16-14-25(15-17-56)28-4-3-5-29-35(53-55(2)37(28)29)30-9-11-34(58)50-41(30)59/h3-5,8,10,20-21,24-25,30,51H,6-7,9,11-19,22-23H2,1-2H3,(H,48,49,52)(H,50,58,59). The number of imide groups is 1. The molecule has 4 fully saturated rings. The quantitative estimate of drug-likeness (QED) is 0.161. The van der Waals surface area contributed by atoms with E-state index in [9.17, 15) is 14.4 Å². The van der Waals surface area contributed by atoms with Crippen LogP contribution in [0.5, 0.6) is 5.75 Å². The summed E-state index contributed by atoms with van der Waals surface area (Å²) in [6.07, 6.45) is 6.99. The predicted octanol–water partition coefficient (Wildman–Crippen LogP) is 6.20. The van der Waals surface area contributed by atoms with E-state index in [1.807, 2.05) is 17.8 Å². The van der Waals surface area contributed by atoms with E-state index >= 15 is 13.2 Å². The lowest BCUT2D eigenvalue weighted by Crippen LogP contribution is -2.41. The summed E-state index contributed by atoms with van der Waals surface area (Å²) in [4.78, 5) is 51.2. The number of alkyl halides is 2. The number of fused-ring (bicyclic) bond motifs is 4. The maximum absolute atomic E-state index is 15.3. The number of hydrogen-bond acceptors (Lipinski definition) is 11. The van der Waals surface area contributed by atoms with Crippen molar-refractivity contribution < 1.29 is 27.5 Å². The number of nitrogens with one attached hydrogen (secondary N) is 3. The van der Waals surface area contributed by atoms with Crippen LogP contribution in [0, 0.1) is 11.7 Å². The van der Waals surface area contributed by atoms with Crippen LogP contribution in [0.25, 0.3) is 21.8 Å². The number of amides is 2. The van der Waals surface area contributed by atoms with Crippen LogP contribution in [0.3, 0.4) is 0 Å². The summed E-state index contributed by atoms with van der Waals surface area (Å²) in [5.41, 5.74) is 4.02. The summed E-state index contributed by atoms with van der Waals surface area (Å²) in [7, 11) is 3.49. The van der Waals surface area contributed by atoms with E-state index in [0.717, 1.165) is 81.2 Å². The molecule has 1 unspecified atom stereocenters. The van der Waals surface area contributed by atoms with Crippen molar-refractivity contribution in [2.75, 3.05) is 54.9 Å². The molecule has 1 saturated carbocycles. The van der Waals surface area contributed by atoms with Crippen molar-refractivity contribution in [2.45, 2.75) is 69.1 Å². The van der Waals surface area contributed by atoms with Gasteiger partial charge in [-0.05, 0) is 99.2 Å². The number of pyridine rings is 1. The topological polar surface area (TPSA) is 152 Å². The summed E-state index contributed by atoms with van der Waals surface area (Å²) in [6.45, 7) is 3.48. The lowest BCUT2D eigenvalue weighted by molar-refractivity contribution is -0.134. The van der Waals surface area contributed by atoms with E-state index in [1.54, 1.807) is 25.2 Å². The summed E-state index contributed by atoms with van der Waals surface area (Å²) < 4.78 is 54.1. The Hall–Kier alpha value is -5.97. The largest absolute Gasteiger partial charge is 0.479 e. The van der Waals surface area contributed by atoms with Gasteiger partial charge in [-0.1, -0.05) is 18.2 Å². The average Bonchev–Trinajstić information content (AvgIpc) is 4.05. The molecule has 318 valence electrons. The zero-order chi connectivity index (χ0) is 42.2. The van der Waals surface area contributed by atoms with Crippen molar-refractivity contribution in [3.63, 3.8) is 0 Å². The van der Waals surface area contributed by atoms with Gasteiger partial charge in [-0.2, -0.15) is 18.9 Å². The van der Waals surface area contributed by atoms with E-state index in [-0.39, 0.29) is 34.8 Å². The van der Waals surface area contributed by atoms with Crippen LogP contribution < -0.4 is 31.1 Å². The average molecular weight is 837 g/mol. The van der Waals surface area contributed by atoms with Crippen molar-refractivity contribution in [2.24, 2.45) is 20.0 Å². The Balaban J connectivity index is 0.780. The van der Waals surface area contributed by atoms with E-state index in [1.165, 1.54) is 10.1 Å². The summed E-state index contributed by atoms with van der Waals surface area (Å²) in [5.74, 6) is -3.77. The molecule has 2 aromatic carbocycles. The monoisotopic (exact) mass is 836 g/mol. The molecule has 1 atom stereocenters. The minimum atomic E-state index is -3.28. The van der Waals surface area contributed by atoms with Gasteiger partial charge >= 0.3 is 5.92 Å². The van der Waals surface area contributed by atoms with Gasteiger partial charge in [0.1, 0.15) is 0 Å². The van der Waals surface area contributed by atoms with Crippen LogP contribution in [0.15, 0.2) is 58.7 Å². The maximum atomic E-state index is 15.3. The predicted molar refractivity (Wildman–Crippen MR) is 224 cm³/mol. The number of hydrogen-bond donors (Lipinski definition) is 3. The Kier molecular flexibility index (Phi) is 9.75. The van der Waals surface area contributed by atoms with Crippen molar-refractivity contribution >= 4 is 56.8 Å². The number of benzene rings is 2. The maximum Gasteiger partial charge on any atom is 0.320 e. The minimum Gasteiger partial charge on any atom is -0.479 e. The first-order chi connectivity index (χ1) is 29.4. The molecule has 3 N–H and O–H groups in total. The summed E-state index contributed by atoms with van der Waals surface area (Å²) in [6, 6.07) is 11.3. The van der Waals surface area contributed by atoms with Crippen LogP contribution in [0.2, 0.25) is 0 Å². The molecule has 0 spiro atoms. The fourth-order valence-electron chi connectivity index (χ4n) is 9.74. The number of anilines is 4. The highest BCUT2D eigenvalue weighted by atomic mass is 19.3. The van der Waals surface area contributed by atoms with Crippen molar-refractivity contribution in [1.29, 1.82) is 0 Å². The number of rotatable bonds is 7. The number of allylic oxidation sites excluding steroid dienone is 1. The van der Waals surface area contributed by atoms with E-state index in [2.05, 4.69) is 47.9 Å². The number of halogens is 3. The number of ether oxygens (including phenoxy) is 1. The summed E-state index contributed by atoms with van der Waals surface area (Å²) in [5, 5.41) is 14.7. The lowest BCUT2D eigenvalue weighted by atomic mass is 9.86. The number of nitrogens with zero attached hydrogens (tertiary/aromatic N) is 7.